The highest BCUT2D eigenvalue weighted by Crippen LogP contribution is 2.40. The Morgan fingerprint density at radius 3 is 2.59 bits per heavy atom. The molecule has 2 unspecified atom stereocenters. The van der Waals surface area contributed by atoms with E-state index in [-0.39, 0.29) is 6.04 Å². The molecule has 2 atom stereocenters. The van der Waals surface area contributed by atoms with Crippen molar-refractivity contribution in [1.82, 2.24) is 14.7 Å². The molecule has 2 aromatic rings. The number of halogens is 1. The van der Waals surface area contributed by atoms with Gasteiger partial charge in [0, 0.05) is 10.5 Å². The van der Waals surface area contributed by atoms with Crippen LogP contribution in [0.5, 0.6) is 0 Å². The van der Waals surface area contributed by atoms with E-state index in [0.29, 0.717) is 27.3 Å². The summed E-state index contributed by atoms with van der Waals surface area (Å²) in [7, 11) is 0. The van der Waals surface area contributed by atoms with Crippen LogP contribution in [0, 0.1) is 5.92 Å². The van der Waals surface area contributed by atoms with Gasteiger partial charge in [-0.15, -0.1) is 0 Å². The first-order valence-electron chi connectivity index (χ1n) is 8.90. The minimum absolute atomic E-state index is 0.197. The first-order chi connectivity index (χ1) is 12.9. The molecule has 0 spiro atoms. The van der Waals surface area contributed by atoms with Gasteiger partial charge in [0.15, 0.2) is 0 Å². The molecule has 0 bridgehead atoms. The van der Waals surface area contributed by atoms with E-state index in [1.165, 1.54) is 0 Å². The first kappa shape index (κ1) is 17.9. The summed E-state index contributed by atoms with van der Waals surface area (Å²) in [6.45, 7) is 3.63. The maximum Gasteiger partial charge on any atom is 0.262 e. The van der Waals surface area contributed by atoms with Crippen LogP contribution in [0.4, 0.5) is 5.82 Å². The smallest absolute Gasteiger partial charge is 0.262 e. The van der Waals surface area contributed by atoms with Crippen molar-refractivity contribution in [3.63, 3.8) is 0 Å². The SMILES string of the molecule is CC(C(=O)Nc1ccnn1C(C)C1CC1)N1C(=O)c2ccc(Br)cc2C1=O. The third kappa shape index (κ3) is 3.07. The predicted molar refractivity (Wildman–Crippen MR) is 102 cm³/mol. The number of carbonyl (C=O) groups excluding carboxylic acids is 3. The summed E-state index contributed by atoms with van der Waals surface area (Å²) in [5, 5.41) is 7.12. The molecule has 2 heterocycles. The lowest BCUT2D eigenvalue weighted by Gasteiger charge is -2.22. The highest BCUT2D eigenvalue weighted by Gasteiger charge is 2.41. The van der Waals surface area contributed by atoms with E-state index in [1.54, 1.807) is 42.1 Å². The summed E-state index contributed by atoms with van der Waals surface area (Å²) in [6, 6.07) is 5.89. The normalized spacial score (nSPS) is 18.4. The Bertz CT molecular complexity index is 950. The van der Waals surface area contributed by atoms with Crippen molar-refractivity contribution in [3.05, 3.63) is 46.1 Å². The van der Waals surface area contributed by atoms with Crippen molar-refractivity contribution in [2.75, 3.05) is 5.32 Å². The van der Waals surface area contributed by atoms with E-state index in [1.807, 2.05) is 0 Å². The molecule has 1 fully saturated rings. The van der Waals surface area contributed by atoms with Gasteiger partial charge in [-0.1, -0.05) is 15.9 Å². The number of amides is 3. The maximum atomic E-state index is 12.8. The average Bonchev–Trinajstić information content (AvgIpc) is 3.34. The number of imide groups is 1. The molecule has 1 saturated carbocycles. The topological polar surface area (TPSA) is 84.3 Å². The van der Waals surface area contributed by atoms with Crippen LogP contribution in [-0.2, 0) is 4.79 Å². The van der Waals surface area contributed by atoms with Crippen LogP contribution in [0.15, 0.2) is 34.9 Å². The number of nitrogens with one attached hydrogen (secondary N) is 1. The number of benzene rings is 1. The molecule has 8 heteroatoms. The number of nitrogens with zero attached hydrogens (tertiary/aromatic N) is 3. The predicted octanol–water partition coefficient (Wildman–Crippen LogP) is 3.24. The zero-order valence-corrected chi connectivity index (χ0v) is 16.6. The minimum atomic E-state index is -0.934. The fraction of sp³-hybridized carbons (Fsp3) is 0.368. The van der Waals surface area contributed by atoms with Gasteiger partial charge >= 0.3 is 0 Å². The van der Waals surface area contributed by atoms with Crippen molar-refractivity contribution >= 4 is 39.5 Å². The quantitative estimate of drug-likeness (QED) is 0.737. The van der Waals surface area contributed by atoms with Crippen molar-refractivity contribution < 1.29 is 14.4 Å². The van der Waals surface area contributed by atoms with Crippen LogP contribution < -0.4 is 5.32 Å². The summed E-state index contributed by atoms with van der Waals surface area (Å²) >= 11 is 3.31. The lowest BCUT2D eigenvalue weighted by Crippen LogP contribution is -2.45. The molecule has 1 aromatic carbocycles. The summed E-state index contributed by atoms with van der Waals surface area (Å²) in [6.07, 6.45) is 3.96. The molecule has 7 nitrogen and oxygen atoms in total. The standard InChI is InChI=1S/C19H19BrN4O3/c1-10(12-3-4-12)24-16(7-8-21-24)22-17(25)11(2)23-18(26)14-6-5-13(20)9-15(14)19(23)27/h5-12H,3-4H2,1-2H3,(H,22,25). The second-order valence-electron chi connectivity index (χ2n) is 7.07. The summed E-state index contributed by atoms with van der Waals surface area (Å²) in [5.74, 6) is -0.185. The van der Waals surface area contributed by atoms with Crippen LogP contribution in [0.25, 0.3) is 0 Å². The van der Waals surface area contributed by atoms with Gasteiger partial charge in [-0.05, 0) is 50.8 Å². The maximum absolute atomic E-state index is 12.8. The fourth-order valence-corrected chi connectivity index (χ4v) is 3.81. The van der Waals surface area contributed by atoms with Crippen LogP contribution in [0.2, 0.25) is 0 Å². The lowest BCUT2D eigenvalue weighted by atomic mass is 10.1. The number of aromatic nitrogens is 2. The third-order valence-corrected chi connectivity index (χ3v) is 5.75. The number of hydrogen-bond donors (Lipinski definition) is 1. The van der Waals surface area contributed by atoms with Crippen LogP contribution in [0.1, 0.15) is 53.4 Å². The van der Waals surface area contributed by atoms with E-state index in [0.717, 1.165) is 17.7 Å². The molecule has 2 aliphatic rings. The van der Waals surface area contributed by atoms with Gasteiger partial charge in [-0.3, -0.25) is 19.3 Å². The number of fused-ring (bicyclic) bond motifs is 1. The highest BCUT2D eigenvalue weighted by atomic mass is 79.9. The van der Waals surface area contributed by atoms with Crippen LogP contribution in [-0.4, -0.2) is 38.4 Å². The summed E-state index contributed by atoms with van der Waals surface area (Å²) < 4.78 is 2.50. The molecule has 140 valence electrons. The molecule has 1 N–H and O–H groups in total. The number of hydrogen-bond acceptors (Lipinski definition) is 4. The average molecular weight is 431 g/mol. The summed E-state index contributed by atoms with van der Waals surface area (Å²) in [5.41, 5.74) is 0.622. The molecule has 4 rings (SSSR count). The summed E-state index contributed by atoms with van der Waals surface area (Å²) in [4.78, 5) is 39.1. The van der Waals surface area contributed by atoms with Crippen molar-refractivity contribution in [3.8, 4) is 0 Å². The van der Waals surface area contributed by atoms with Gasteiger partial charge in [0.1, 0.15) is 11.9 Å². The second kappa shape index (κ2) is 6.60. The van der Waals surface area contributed by atoms with Gasteiger partial charge in [-0.25, -0.2) is 4.68 Å². The molecule has 27 heavy (non-hydrogen) atoms. The van der Waals surface area contributed by atoms with Gasteiger partial charge in [0.05, 0.1) is 23.4 Å². The van der Waals surface area contributed by atoms with Gasteiger partial charge in [-0.2, -0.15) is 5.10 Å². The fourth-order valence-electron chi connectivity index (χ4n) is 3.45. The molecule has 1 aromatic heterocycles. The number of anilines is 1. The Morgan fingerprint density at radius 1 is 1.19 bits per heavy atom. The van der Waals surface area contributed by atoms with Crippen molar-refractivity contribution in [1.29, 1.82) is 0 Å². The minimum Gasteiger partial charge on any atom is -0.309 e. The van der Waals surface area contributed by atoms with Crippen LogP contribution >= 0.6 is 15.9 Å². The van der Waals surface area contributed by atoms with E-state index in [4.69, 9.17) is 0 Å². The molecular weight excluding hydrogens is 412 g/mol. The molecular formula is C19H19BrN4O3. The highest BCUT2D eigenvalue weighted by molar-refractivity contribution is 9.10. The van der Waals surface area contributed by atoms with Crippen LogP contribution in [0.3, 0.4) is 0 Å². The van der Waals surface area contributed by atoms with Gasteiger partial charge < -0.3 is 5.32 Å². The zero-order valence-electron chi connectivity index (χ0n) is 15.0. The van der Waals surface area contributed by atoms with E-state index in [9.17, 15) is 14.4 Å². The number of rotatable bonds is 5. The molecule has 1 aliphatic carbocycles. The van der Waals surface area contributed by atoms with E-state index >= 15 is 0 Å². The molecule has 3 amide bonds. The Morgan fingerprint density at radius 2 is 1.89 bits per heavy atom. The third-order valence-electron chi connectivity index (χ3n) is 5.26. The Labute approximate surface area is 164 Å². The van der Waals surface area contributed by atoms with E-state index in [2.05, 4.69) is 33.3 Å². The van der Waals surface area contributed by atoms with E-state index < -0.39 is 23.8 Å². The van der Waals surface area contributed by atoms with Gasteiger partial charge in [0.2, 0.25) is 5.91 Å². The van der Waals surface area contributed by atoms with Gasteiger partial charge in [0.25, 0.3) is 11.8 Å². The largest absolute Gasteiger partial charge is 0.309 e. The lowest BCUT2D eigenvalue weighted by molar-refractivity contribution is -0.119. The monoisotopic (exact) mass is 430 g/mol. The van der Waals surface area contributed by atoms with Crippen molar-refractivity contribution in [2.24, 2.45) is 5.92 Å². The first-order valence-corrected chi connectivity index (χ1v) is 9.69. The van der Waals surface area contributed by atoms with Crippen molar-refractivity contribution in [2.45, 2.75) is 38.8 Å². The Hall–Kier alpha value is -2.48. The Kier molecular flexibility index (Phi) is 4.38. The molecule has 0 saturated heterocycles. The Balaban J connectivity index is 1.53. The number of carbonyl (C=O) groups is 3. The molecule has 0 radical (unpaired) electrons. The zero-order chi connectivity index (χ0) is 19.3. The molecule has 1 aliphatic heterocycles. The second-order valence-corrected chi connectivity index (χ2v) is 7.99.